The molecular weight excluding hydrogens is 537 g/mol. The smallest absolute Gasteiger partial charge is 0.451 e. The molecule has 202 valence electrons. The van der Waals surface area contributed by atoms with Crippen molar-refractivity contribution in [3.63, 3.8) is 0 Å². The maximum absolute atomic E-state index is 14.3. The summed E-state index contributed by atoms with van der Waals surface area (Å²) in [6.07, 6.45) is -3.50. The number of nitrogens with zero attached hydrogens (tertiary/aromatic N) is 4. The quantitative estimate of drug-likeness (QED) is 0.444. The molecule has 2 aromatic heterocycles. The van der Waals surface area contributed by atoms with E-state index in [1.165, 1.54) is 19.4 Å². The van der Waals surface area contributed by atoms with E-state index in [0.29, 0.717) is 5.56 Å². The molecule has 0 aliphatic carbocycles. The van der Waals surface area contributed by atoms with Crippen molar-refractivity contribution in [2.24, 2.45) is 0 Å². The third kappa shape index (κ3) is 5.72. The third-order valence-corrected chi connectivity index (χ3v) is 7.64. The number of ether oxygens (including phenoxy) is 1. The predicted octanol–water partition coefficient (Wildman–Crippen LogP) is 3.12. The van der Waals surface area contributed by atoms with Crippen LogP contribution in [-0.4, -0.2) is 59.5 Å². The van der Waals surface area contributed by atoms with E-state index in [9.17, 15) is 35.2 Å². The summed E-state index contributed by atoms with van der Waals surface area (Å²) in [6.45, 7) is -0.745. The van der Waals surface area contributed by atoms with Crippen LogP contribution in [0.3, 0.4) is 0 Å². The maximum atomic E-state index is 14.3. The fraction of sp³-hybridized carbons (Fsp3) is 0.304. The molecule has 15 heteroatoms. The van der Waals surface area contributed by atoms with Gasteiger partial charge in [0.2, 0.25) is 21.8 Å². The highest BCUT2D eigenvalue weighted by Crippen LogP contribution is 2.30. The minimum Gasteiger partial charge on any atom is -0.495 e. The van der Waals surface area contributed by atoms with Crippen LogP contribution in [0.1, 0.15) is 17.8 Å². The van der Waals surface area contributed by atoms with Crippen molar-refractivity contribution in [2.75, 3.05) is 13.7 Å². The van der Waals surface area contributed by atoms with Crippen molar-refractivity contribution in [1.82, 2.24) is 24.6 Å². The average Bonchev–Trinajstić information content (AvgIpc) is 3.29. The Bertz CT molecular complexity index is 1420. The largest absolute Gasteiger partial charge is 0.495 e. The zero-order chi connectivity index (χ0) is 27.7. The number of rotatable bonds is 7. The number of halogens is 5. The van der Waals surface area contributed by atoms with E-state index in [1.54, 1.807) is 0 Å². The molecule has 1 saturated heterocycles. The number of amides is 1. The molecule has 1 amide bonds. The Kier molecular flexibility index (Phi) is 7.60. The Balaban J connectivity index is 1.53. The van der Waals surface area contributed by atoms with Gasteiger partial charge in [0.25, 0.3) is 0 Å². The molecule has 0 spiro atoms. The number of pyridine rings is 1. The van der Waals surface area contributed by atoms with E-state index >= 15 is 0 Å². The highest BCUT2D eigenvalue weighted by atomic mass is 32.2. The van der Waals surface area contributed by atoms with Gasteiger partial charge in [-0.1, -0.05) is 0 Å². The second-order valence-corrected chi connectivity index (χ2v) is 10.2. The van der Waals surface area contributed by atoms with Gasteiger partial charge in [0.1, 0.15) is 23.8 Å². The summed E-state index contributed by atoms with van der Waals surface area (Å²) in [5, 5.41) is 2.55. The summed E-state index contributed by atoms with van der Waals surface area (Å²) in [4.78, 5) is 23.4. The minimum atomic E-state index is -4.71. The molecule has 0 bridgehead atoms. The van der Waals surface area contributed by atoms with Crippen molar-refractivity contribution in [3.05, 3.63) is 66.1 Å². The second-order valence-electron chi connectivity index (χ2n) is 8.27. The lowest BCUT2D eigenvalue weighted by atomic mass is 10.1. The van der Waals surface area contributed by atoms with E-state index in [2.05, 4.69) is 20.3 Å². The first-order valence-electron chi connectivity index (χ1n) is 11.0. The van der Waals surface area contributed by atoms with Gasteiger partial charge < -0.3 is 10.1 Å². The molecule has 1 N–H and O–H groups in total. The molecular formula is C23H20F5N5O4S. The van der Waals surface area contributed by atoms with Crippen LogP contribution in [0.5, 0.6) is 5.75 Å². The molecule has 1 aliphatic rings. The van der Waals surface area contributed by atoms with Crippen molar-refractivity contribution < 1.29 is 39.9 Å². The molecule has 1 aromatic carbocycles. The molecule has 0 radical (unpaired) electrons. The first kappa shape index (κ1) is 27.3. The van der Waals surface area contributed by atoms with Gasteiger partial charge >= 0.3 is 6.18 Å². The Hall–Kier alpha value is -3.72. The Morgan fingerprint density at radius 1 is 1.13 bits per heavy atom. The van der Waals surface area contributed by atoms with Crippen LogP contribution in [0.25, 0.3) is 11.3 Å². The summed E-state index contributed by atoms with van der Waals surface area (Å²) in [6, 6.07) is 4.01. The molecule has 9 nitrogen and oxygen atoms in total. The first-order valence-corrected chi connectivity index (χ1v) is 12.5. The van der Waals surface area contributed by atoms with Gasteiger partial charge in [-0.3, -0.25) is 9.78 Å². The minimum absolute atomic E-state index is 0.167. The van der Waals surface area contributed by atoms with E-state index in [4.69, 9.17) is 4.74 Å². The van der Waals surface area contributed by atoms with Crippen molar-refractivity contribution >= 4 is 15.9 Å². The number of methoxy groups -OCH3 is 1. The Labute approximate surface area is 213 Å². The SMILES string of the molecule is COc1cnc(-c2cnc(C(F)(F)F)nc2)cc1CNC(=O)[C@@H]1C[C@@H](F)CN1S(=O)(=O)c1ccc(F)cc1. The summed E-state index contributed by atoms with van der Waals surface area (Å²) >= 11 is 0. The zero-order valence-electron chi connectivity index (χ0n) is 19.6. The molecule has 1 aliphatic heterocycles. The van der Waals surface area contributed by atoms with E-state index < -0.39 is 52.5 Å². The Morgan fingerprint density at radius 3 is 2.39 bits per heavy atom. The predicted molar refractivity (Wildman–Crippen MR) is 122 cm³/mol. The van der Waals surface area contributed by atoms with Crippen LogP contribution in [0.2, 0.25) is 0 Å². The van der Waals surface area contributed by atoms with Crippen LogP contribution in [0.4, 0.5) is 22.0 Å². The average molecular weight is 558 g/mol. The van der Waals surface area contributed by atoms with Crippen molar-refractivity contribution in [3.8, 4) is 17.0 Å². The monoisotopic (exact) mass is 557 g/mol. The third-order valence-electron chi connectivity index (χ3n) is 5.75. The highest BCUT2D eigenvalue weighted by Gasteiger charge is 2.44. The number of hydrogen-bond donors (Lipinski definition) is 1. The highest BCUT2D eigenvalue weighted by molar-refractivity contribution is 7.89. The second kappa shape index (κ2) is 10.6. The number of benzene rings is 1. The van der Waals surface area contributed by atoms with E-state index in [1.807, 2.05) is 0 Å². The number of hydrogen-bond acceptors (Lipinski definition) is 7. The fourth-order valence-electron chi connectivity index (χ4n) is 3.87. The van der Waals surface area contributed by atoms with Gasteiger partial charge in [0.05, 0.1) is 23.9 Å². The molecule has 3 aromatic rings. The first-order chi connectivity index (χ1) is 17.9. The van der Waals surface area contributed by atoms with Crippen LogP contribution >= 0.6 is 0 Å². The summed E-state index contributed by atoms with van der Waals surface area (Å²) in [5.41, 5.74) is 0.711. The molecule has 0 saturated carbocycles. The van der Waals surface area contributed by atoms with E-state index in [0.717, 1.165) is 41.0 Å². The molecule has 38 heavy (non-hydrogen) atoms. The van der Waals surface area contributed by atoms with Gasteiger partial charge in [0.15, 0.2) is 0 Å². The lowest BCUT2D eigenvalue weighted by Crippen LogP contribution is -2.45. The Morgan fingerprint density at radius 2 is 1.79 bits per heavy atom. The van der Waals surface area contributed by atoms with Crippen LogP contribution < -0.4 is 10.1 Å². The molecule has 3 heterocycles. The molecule has 4 rings (SSSR count). The van der Waals surface area contributed by atoms with Crippen LogP contribution in [0, 0.1) is 5.82 Å². The zero-order valence-corrected chi connectivity index (χ0v) is 20.4. The lowest BCUT2D eigenvalue weighted by molar-refractivity contribution is -0.145. The number of carbonyl (C=O) groups is 1. The normalized spacial score (nSPS) is 18.4. The molecule has 2 atom stereocenters. The number of sulfonamides is 1. The van der Waals surface area contributed by atoms with Gasteiger partial charge in [-0.2, -0.15) is 17.5 Å². The van der Waals surface area contributed by atoms with Gasteiger partial charge in [0, 0.05) is 43.0 Å². The van der Waals surface area contributed by atoms with Gasteiger partial charge in [-0.05, 0) is 30.3 Å². The van der Waals surface area contributed by atoms with E-state index in [-0.39, 0.29) is 34.9 Å². The lowest BCUT2D eigenvalue weighted by Gasteiger charge is -2.23. The summed E-state index contributed by atoms with van der Waals surface area (Å²) < 4.78 is 97.7. The molecule has 0 unspecified atom stereocenters. The molecule has 1 fully saturated rings. The standard InChI is InChI=1S/C23H20F5N5O4S/c1-37-20-11-29-18(14-9-31-22(32-10-14)23(26,27)28)6-13(20)8-30-21(34)19-7-16(25)12-33(19)38(35,36)17-4-2-15(24)3-5-17/h2-6,9-11,16,19H,7-8,12H2,1H3,(H,30,34)/t16-,19+/m1/s1. The number of nitrogens with one attached hydrogen (secondary N) is 1. The van der Waals surface area contributed by atoms with Gasteiger partial charge in [-0.15, -0.1) is 0 Å². The summed E-state index contributed by atoms with van der Waals surface area (Å²) in [5.74, 6) is -2.52. The van der Waals surface area contributed by atoms with Crippen LogP contribution in [0.15, 0.2) is 53.8 Å². The summed E-state index contributed by atoms with van der Waals surface area (Å²) in [7, 11) is -2.96. The van der Waals surface area contributed by atoms with Crippen molar-refractivity contribution in [1.29, 1.82) is 0 Å². The van der Waals surface area contributed by atoms with Crippen LogP contribution in [-0.2, 0) is 27.5 Å². The maximum Gasteiger partial charge on any atom is 0.451 e. The van der Waals surface area contributed by atoms with Crippen molar-refractivity contribution in [2.45, 2.75) is 36.3 Å². The van der Waals surface area contributed by atoms with Gasteiger partial charge in [-0.25, -0.2) is 27.2 Å². The number of carbonyl (C=O) groups excluding carboxylic acids is 1. The topological polar surface area (TPSA) is 114 Å². The number of aromatic nitrogens is 3. The fourth-order valence-corrected chi connectivity index (χ4v) is 5.50. The number of alkyl halides is 4.